The summed E-state index contributed by atoms with van der Waals surface area (Å²) in [6.45, 7) is 8.34. The Labute approximate surface area is 197 Å². The largest absolute Gasteiger partial charge is 0.378 e. The number of aromatic amines is 2. The van der Waals surface area contributed by atoms with Gasteiger partial charge >= 0.3 is 0 Å². The second kappa shape index (κ2) is 10.2. The summed E-state index contributed by atoms with van der Waals surface area (Å²) in [4.78, 5) is 56.6. The number of rotatable bonds is 7. The van der Waals surface area contributed by atoms with Crippen molar-refractivity contribution in [2.45, 2.75) is 46.2 Å². The number of hydrogen-bond acceptors (Lipinski definition) is 7. The van der Waals surface area contributed by atoms with Crippen LogP contribution in [0.2, 0.25) is 0 Å². The number of fused-ring (bicyclic) bond motifs is 1. The Hall–Kier alpha value is -3.53. The molecule has 0 radical (unpaired) electrons. The van der Waals surface area contributed by atoms with Crippen LogP contribution in [0.4, 0.5) is 5.95 Å². The highest BCUT2D eigenvalue weighted by atomic mass is 16.5. The van der Waals surface area contributed by atoms with Gasteiger partial charge in [0.2, 0.25) is 11.9 Å². The Bertz CT molecular complexity index is 1290. The van der Waals surface area contributed by atoms with Gasteiger partial charge in [0.15, 0.2) is 0 Å². The summed E-state index contributed by atoms with van der Waals surface area (Å²) < 4.78 is 5.35. The lowest BCUT2D eigenvalue weighted by Crippen LogP contribution is -2.39. The number of amides is 1. The number of morpholine rings is 1. The smallest absolute Gasteiger partial charge is 0.258 e. The summed E-state index contributed by atoms with van der Waals surface area (Å²) in [6, 6.07) is 6.99. The van der Waals surface area contributed by atoms with E-state index >= 15 is 0 Å². The van der Waals surface area contributed by atoms with E-state index in [0.29, 0.717) is 60.2 Å². The van der Waals surface area contributed by atoms with Gasteiger partial charge in [0.05, 0.1) is 30.7 Å². The number of carbonyl (C=O) groups is 1. The number of H-pyrrole nitrogens is 2. The summed E-state index contributed by atoms with van der Waals surface area (Å²) in [5.74, 6) is 0.842. The topological polar surface area (TPSA) is 124 Å². The average Bonchev–Trinajstić information content (AvgIpc) is 2.82. The normalized spacial score (nSPS) is 14.1. The van der Waals surface area contributed by atoms with Gasteiger partial charge in [-0.3, -0.25) is 19.4 Å². The van der Waals surface area contributed by atoms with Crippen molar-refractivity contribution in [2.24, 2.45) is 0 Å². The van der Waals surface area contributed by atoms with Crippen molar-refractivity contribution in [1.82, 2.24) is 24.8 Å². The number of aromatic nitrogens is 4. The predicted molar refractivity (Wildman–Crippen MR) is 129 cm³/mol. The lowest BCUT2D eigenvalue weighted by atomic mass is 10.1. The minimum absolute atomic E-state index is 0.106. The first-order valence-corrected chi connectivity index (χ1v) is 11.5. The first-order valence-electron chi connectivity index (χ1n) is 11.5. The van der Waals surface area contributed by atoms with Crippen molar-refractivity contribution in [2.75, 3.05) is 31.2 Å². The van der Waals surface area contributed by atoms with Gasteiger partial charge < -0.3 is 19.5 Å². The van der Waals surface area contributed by atoms with Crippen LogP contribution in [-0.4, -0.2) is 63.1 Å². The quantitative estimate of drug-likeness (QED) is 0.541. The van der Waals surface area contributed by atoms with Crippen molar-refractivity contribution >= 4 is 22.8 Å². The number of ether oxygens (including phenoxy) is 1. The van der Waals surface area contributed by atoms with Crippen LogP contribution in [0.5, 0.6) is 0 Å². The van der Waals surface area contributed by atoms with Gasteiger partial charge in [-0.1, -0.05) is 12.1 Å². The van der Waals surface area contributed by atoms with Crippen molar-refractivity contribution < 1.29 is 9.53 Å². The third-order valence-corrected chi connectivity index (χ3v) is 6.03. The average molecular weight is 467 g/mol. The number of nitrogens with zero attached hydrogens (tertiary/aromatic N) is 4. The third-order valence-electron chi connectivity index (χ3n) is 6.03. The lowest BCUT2D eigenvalue weighted by molar-refractivity contribution is -0.133. The molecular weight excluding hydrogens is 436 g/mol. The third kappa shape index (κ3) is 5.17. The van der Waals surface area contributed by atoms with Gasteiger partial charge in [-0.2, -0.15) is 0 Å². The Morgan fingerprint density at radius 3 is 2.56 bits per heavy atom. The summed E-state index contributed by atoms with van der Waals surface area (Å²) in [5, 5.41) is 0.511. The molecule has 0 unspecified atom stereocenters. The van der Waals surface area contributed by atoms with Crippen molar-refractivity contribution in [1.29, 1.82) is 0 Å². The molecule has 1 saturated heterocycles. The summed E-state index contributed by atoms with van der Waals surface area (Å²) in [6.07, 6.45) is 0.430. The molecule has 1 aliphatic rings. The van der Waals surface area contributed by atoms with Crippen molar-refractivity contribution in [3.05, 3.63) is 62.1 Å². The van der Waals surface area contributed by atoms with Gasteiger partial charge in [-0.15, -0.1) is 0 Å². The van der Waals surface area contributed by atoms with Crippen molar-refractivity contribution in [3.63, 3.8) is 0 Å². The molecule has 34 heavy (non-hydrogen) atoms. The molecule has 180 valence electrons. The van der Waals surface area contributed by atoms with Crippen LogP contribution in [0, 0.1) is 6.92 Å². The Balaban J connectivity index is 1.47. The van der Waals surface area contributed by atoms with Crippen LogP contribution in [-0.2, 0) is 22.5 Å². The summed E-state index contributed by atoms with van der Waals surface area (Å²) in [5.41, 5.74) is 1.26. The Morgan fingerprint density at radius 2 is 1.85 bits per heavy atom. The Kier molecular flexibility index (Phi) is 7.06. The van der Waals surface area contributed by atoms with E-state index in [-0.39, 0.29) is 42.5 Å². The number of carbonyl (C=O) groups excluding carboxylic acids is 1. The fourth-order valence-electron chi connectivity index (χ4n) is 4.12. The maximum atomic E-state index is 13.1. The molecule has 10 nitrogen and oxygen atoms in total. The number of hydrogen-bond donors (Lipinski definition) is 2. The van der Waals surface area contributed by atoms with E-state index in [2.05, 4.69) is 19.9 Å². The lowest BCUT2D eigenvalue weighted by Gasteiger charge is -2.28. The minimum Gasteiger partial charge on any atom is -0.378 e. The molecule has 10 heteroatoms. The van der Waals surface area contributed by atoms with Crippen LogP contribution in [0.3, 0.4) is 0 Å². The molecule has 4 rings (SSSR count). The zero-order valence-corrected chi connectivity index (χ0v) is 19.8. The highest BCUT2D eigenvalue weighted by Crippen LogP contribution is 2.14. The highest BCUT2D eigenvalue weighted by molar-refractivity contribution is 5.78. The second-order valence-corrected chi connectivity index (χ2v) is 8.70. The molecule has 1 fully saturated rings. The number of benzene rings is 1. The first-order chi connectivity index (χ1) is 16.3. The van der Waals surface area contributed by atoms with Crippen LogP contribution >= 0.6 is 0 Å². The van der Waals surface area contributed by atoms with Gasteiger partial charge in [0.25, 0.3) is 11.1 Å². The van der Waals surface area contributed by atoms with E-state index in [1.807, 2.05) is 24.8 Å². The van der Waals surface area contributed by atoms with Crippen LogP contribution in [0.15, 0.2) is 33.9 Å². The predicted octanol–water partition coefficient (Wildman–Crippen LogP) is 1.52. The summed E-state index contributed by atoms with van der Waals surface area (Å²) >= 11 is 0. The molecule has 2 N–H and O–H groups in total. The molecule has 1 aliphatic heterocycles. The van der Waals surface area contributed by atoms with E-state index in [1.54, 1.807) is 30.0 Å². The molecule has 0 aliphatic carbocycles. The zero-order chi connectivity index (χ0) is 24.2. The fourth-order valence-corrected chi connectivity index (χ4v) is 4.12. The molecule has 0 spiro atoms. The molecule has 2 aromatic heterocycles. The van der Waals surface area contributed by atoms with E-state index in [4.69, 9.17) is 4.74 Å². The number of anilines is 1. The standard InChI is InChI=1S/C24H30N6O4/c1-15(2)30(14-20-26-19-7-5-4-6-18(19)23(33)27-20)21(31)9-8-17-16(3)25-24(28-22(17)32)29-10-12-34-13-11-29/h4-7,15H,8-14H2,1-3H3,(H,25,28,32)(H,26,27,33). The van der Waals surface area contributed by atoms with Crippen LogP contribution < -0.4 is 16.0 Å². The minimum atomic E-state index is -0.231. The second-order valence-electron chi connectivity index (χ2n) is 8.70. The Morgan fingerprint density at radius 1 is 1.12 bits per heavy atom. The van der Waals surface area contributed by atoms with E-state index < -0.39 is 0 Å². The maximum Gasteiger partial charge on any atom is 0.258 e. The SMILES string of the molecule is Cc1nc(N2CCOCC2)[nH]c(=O)c1CCC(=O)N(Cc1nc2ccccc2c(=O)[nH]1)C(C)C. The maximum absolute atomic E-state index is 13.1. The van der Waals surface area contributed by atoms with E-state index in [9.17, 15) is 14.4 Å². The fraction of sp³-hybridized carbons (Fsp3) is 0.458. The van der Waals surface area contributed by atoms with Gasteiger partial charge in [-0.05, 0) is 39.3 Å². The molecule has 0 atom stereocenters. The number of nitrogens with one attached hydrogen (secondary N) is 2. The van der Waals surface area contributed by atoms with Gasteiger partial charge in [0.1, 0.15) is 5.82 Å². The number of aryl methyl sites for hydroxylation is 1. The monoisotopic (exact) mass is 466 g/mol. The van der Waals surface area contributed by atoms with E-state index in [1.165, 1.54) is 0 Å². The number of para-hydroxylation sites is 1. The van der Waals surface area contributed by atoms with Crippen LogP contribution in [0.25, 0.3) is 10.9 Å². The zero-order valence-electron chi connectivity index (χ0n) is 19.8. The molecule has 3 heterocycles. The van der Waals surface area contributed by atoms with Gasteiger partial charge in [0, 0.05) is 36.8 Å². The molecule has 1 aromatic carbocycles. The first kappa shape index (κ1) is 23.6. The molecule has 0 bridgehead atoms. The van der Waals surface area contributed by atoms with Crippen molar-refractivity contribution in [3.8, 4) is 0 Å². The molecule has 0 saturated carbocycles. The molecule has 3 aromatic rings. The summed E-state index contributed by atoms with van der Waals surface area (Å²) in [7, 11) is 0. The molecular formula is C24H30N6O4. The van der Waals surface area contributed by atoms with E-state index in [0.717, 1.165) is 0 Å². The molecule has 1 amide bonds. The highest BCUT2D eigenvalue weighted by Gasteiger charge is 2.21. The van der Waals surface area contributed by atoms with Crippen LogP contribution in [0.1, 0.15) is 37.4 Å². The van der Waals surface area contributed by atoms with Gasteiger partial charge in [-0.25, -0.2) is 9.97 Å².